The van der Waals surface area contributed by atoms with E-state index in [1.807, 2.05) is 12.3 Å². The first kappa shape index (κ1) is 14.9. The van der Waals surface area contributed by atoms with Gasteiger partial charge in [0.2, 0.25) is 5.88 Å². The molecule has 4 nitrogen and oxygen atoms in total. The molecule has 0 aromatic carbocycles. The second-order valence-corrected chi connectivity index (χ2v) is 4.16. The van der Waals surface area contributed by atoms with E-state index in [0.29, 0.717) is 12.5 Å². The van der Waals surface area contributed by atoms with E-state index in [0.717, 1.165) is 32.7 Å². The van der Waals surface area contributed by atoms with E-state index in [9.17, 15) is 0 Å². The van der Waals surface area contributed by atoms with Crippen molar-refractivity contribution < 1.29 is 4.74 Å². The summed E-state index contributed by atoms with van der Waals surface area (Å²) in [6.07, 6.45) is 1.87. The molecular weight excluding hydrogens is 226 g/mol. The molecule has 18 heavy (non-hydrogen) atoms. The van der Waals surface area contributed by atoms with E-state index in [-0.39, 0.29) is 0 Å². The van der Waals surface area contributed by atoms with Crippen LogP contribution in [0, 0.1) is 0 Å². The molecule has 1 aromatic heterocycles. The molecule has 1 aromatic rings. The number of nitrogens with zero attached hydrogens (tertiary/aromatic N) is 2. The lowest BCUT2D eigenvalue weighted by molar-refractivity contribution is 0.218. The van der Waals surface area contributed by atoms with Gasteiger partial charge in [-0.3, -0.25) is 0 Å². The van der Waals surface area contributed by atoms with E-state index in [1.165, 1.54) is 5.56 Å². The molecule has 0 unspecified atom stereocenters. The number of pyridine rings is 1. The standard InChI is InChI=1S/C14H25N3O/c1-4-15-11-13-7-8-14(16-12-13)18-10-9-17(5-2)6-3/h7-8,12,15H,4-6,9-11H2,1-3H3. The van der Waals surface area contributed by atoms with Gasteiger partial charge in [0.15, 0.2) is 0 Å². The maximum Gasteiger partial charge on any atom is 0.213 e. The molecule has 102 valence electrons. The van der Waals surface area contributed by atoms with Gasteiger partial charge >= 0.3 is 0 Å². The highest BCUT2D eigenvalue weighted by molar-refractivity contribution is 5.17. The third kappa shape index (κ3) is 5.47. The van der Waals surface area contributed by atoms with E-state index in [1.54, 1.807) is 0 Å². The molecule has 0 bridgehead atoms. The van der Waals surface area contributed by atoms with Gasteiger partial charge in [0, 0.05) is 25.4 Å². The van der Waals surface area contributed by atoms with Crippen molar-refractivity contribution in [1.82, 2.24) is 15.2 Å². The van der Waals surface area contributed by atoms with Gasteiger partial charge in [-0.15, -0.1) is 0 Å². The molecule has 0 saturated carbocycles. The molecule has 0 amide bonds. The van der Waals surface area contributed by atoms with Crippen LogP contribution in [0.5, 0.6) is 5.88 Å². The summed E-state index contributed by atoms with van der Waals surface area (Å²) >= 11 is 0. The van der Waals surface area contributed by atoms with Gasteiger partial charge in [-0.2, -0.15) is 0 Å². The highest BCUT2D eigenvalue weighted by Crippen LogP contribution is 2.07. The van der Waals surface area contributed by atoms with Gasteiger partial charge in [0.25, 0.3) is 0 Å². The van der Waals surface area contributed by atoms with Gasteiger partial charge in [0.05, 0.1) is 0 Å². The van der Waals surface area contributed by atoms with Crippen LogP contribution >= 0.6 is 0 Å². The Morgan fingerprint density at radius 1 is 1.22 bits per heavy atom. The van der Waals surface area contributed by atoms with Gasteiger partial charge in [-0.1, -0.05) is 26.8 Å². The highest BCUT2D eigenvalue weighted by Gasteiger charge is 2.00. The number of likely N-dealkylation sites (N-methyl/N-ethyl adjacent to an activating group) is 1. The van der Waals surface area contributed by atoms with E-state index in [4.69, 9.17) is 4.74 Å². The Morgan fingerprint density at radius 3 is 2.56 bits per heavy atom. The molecule has 0 fully saturated rings. The molecule has 0 aliphatic carbocycles. The van der Waals surface area contributed by atoms with Crippen LogP contribution in [0.1, 0.15) is 26.3 Å². The van der Waals surface area contributed by atoms with E-state index in [2.05, 4.69) is 42.0 Å². The first-order valence-electron chi connectivity index (χ1n) is 6.80. The van der Waals surface area contributed by atoms with Crippen LogP contribution in [0.3, 0.4) is 0 Å². The van der Waals surface area contributed by atoms with Gasteiger partial charge < -0.3 is 15.0 Å². The molecule has 0 saturated heterocycles. The smallest absolute Gasteiger partial charge is 0.213 e. The minimum Gasteiger partial charge on any atom is -0.476 e. The zero-order chi connectivity index (χ0) is 13.2. The average Bonchev–Trinajstić information content (AvgIpc) is 2.42. The average molecular weight is 251 g/mol. The van der Waals surface area contributed by atoms with Crippen molar-refractivity contribution >= 4 is 0 Å². The summed E-state index contributed by atoms with van der Waals surface area (Å²) in [4.78, 5) is 6.63. The lowest BCUT2D eigenvalue weighted by atomic mass is 10.3. The minimum absolute atomic E-state index is 0.696. The molecule has 1 N–H and O–H groups in total. The summed E-state index contributed by atoms with van der Waals surface area (Å²) in [5.41, 5.74) is 1.19. The third-order valence-electron chi connectivity index (χ3n) is 2.93. The van der Waals surface area contributed by atoms with Crippen LogP contribution in [-0.4, -0.2) is 42.7 Å². The Labute approximate surface area is 110 Å². The van der Waals surface area contributed by atoms with E-state index < -0.39 is 0 Å². The Bertz CT molecular complexity index is 309. The fourth-order valence-electron chi connectivity index (χ4n) is 1.69. The van der Waals surface area contributed by atoms with Crippen molar-refractivity contribution in [1.29, 1.82) is 0 Å². The summed E-state index contributed by atoms with van der Waals surface area (Å²) in [5, 5.41) is 3.27. The molecule has 0 radical (unpaired) electrons. The number of hydrogen-bond donors (Lipinski definition) is 1. The maximum atomic E-state index is 5.63. The minimum atomic E-state index is 0.696. The van der Waals surface area contributed by atoms with E-state index >= 15 is 0 Å². The summed E-state index contributed by atoms with van der Waals surface area (Å²) in [6.45, 7) is 12.0. The maximum absolute atomic E-state index is 5.63. The molecule has 4 heteroatoms. The Hall–Kier alpha value is -1.13. The number of nitrogens with one attached hydrogen (secondary N) is 1. The van der Waals surface area contributed by atoms with Crippen molar-refractivity contribution in [2.75, 3.05) is 32.8 Å². The zero-order valence-corrected chi connectivity index (χ0v) is 11.8. The highest BCUT2D eigenvalue weighted by atomic mass is 16.5. The number of ether oxygens (including phenoxy) is 1. The first-order valence-corrected chi connectivity index (χ1v) is 6.80. The molecular formula is C14H25N3O. The third-order valence-corrected chi connectivity index (χ3v) is 2.93. The number of hydrogen-bond acceptors (Lipinski definition) is 4. The van der Waals surface area contributed by atoms with Crippen LogP contribution in [-0.2, 0) is 6.54 Å². The molecule has 0 aliphatic rings. The summed E-state index contributed by atoms with van der Waals surface area (Å²) in [7, 11) is 0. The Balaban J connectivity index is 2.30. The Kier molecular flexibility index (Phi) is 7.37. The number of aromatic nitrogens is 1. The van der Waals surface area contributed by atoms with Crippen molar-refractivity contribution in [3.05, 3.63) is 23.9 Å². The fourth-order valence-corrected chi connectivity index (χ4v) is 1.69. The molecule has 0 aliphatic heterocycles. The molecule has 0 atom stereocenters. The van der Waals surface area contributed by atoms with Crippen molar-refractivity contribution in [2.24, 2.45) is 0 Å². The summed E-state index contributed by atoms with van der Waals surface area (Å²) in [6, 6.07) is 4.00. The predicted octanol–water partition coefficient (Wildman–Crippen LogP) is 1.91. The quantitative estimate of drug-likeness (QED) is 0.727. The topological polar surface area (TPSA) is 37.4 Å². The SMILES string of the molecule is CCNCc1ccc(OCCN(CC)CC)nc1. The summed E-state index contributed by atoms with van der Waals surface area (Å²) in [5.74, 6) is 0.711. The molecule has 1 heterocycles. The van der Waals surface area contributed by atoms with Crippen LogP contribution in [0.25, 0.3) is 0 Å². The molecule has 1 rings (SSSR count). The van der Waals surface area contributed by atoms with Crippen LogP contribution < -0.4 is 10.1 Å². The van der Waals surface area contributed by atoms with Gasteiger partial charge in [-0.05, 0) is 25.2 Å². The van der Waals surface area contributed by atoms with Crippen LogP contribution in [0.4, 0.5) is 0 Å². The lowest BCUT2D eigenvalue weighted by Crippen LogP contribution is -2.28. The Morgan fingerprint density at radius 2 is 2.00 bits per heavy atom. The van der Waals surface area contributed by atoms with Crippen LogP contribution in [0.2, 0.25) is 0 Å². The summed E-state index contributed by atoms with van der Waals surface area (Å²) < 4.78 is 5.63. The second kappa shape index (κ2) is 8.89. The van der Waals surface area contributed by atoms with Crippen molar-refractivity contribution in [3.8, 4) is 5.88 Å². The number of rotatable bonds is 9. The predicted molar refractivity (Wildman–Crippen MR) is 74.9 cm³/mol. The zero-order valence-electron chi connectivity index (χ0n) is 11.8. The van der Waals surface area contributed by atoms with Crippen LogP contribution in [0.15, 0.2) is 18.3 Å². The van der Waals surface area contributed by atoms with Crippen molar-refractivity contribution in [2.45, 2.75) is 27.3 Å². The van der Waals surface area contributed by atoms with Gasteiger partial charge in [0.1, 0.15) is 6.61 Å². The van der Waals surface area contributed by atoms with Crippen molar-refractivity contribution in [3.63, 3.8) is 0 Å². The largest absolute Gasteiger partial charge is 0.476 e. The fraction of sp³-hybridized carbons (Fsp3) is 0.643. The lowest BCUT2D eigenvalue weighted by Gasteiger charge is -2.17. The normalized spacial score (nSPS) is 10.9. The monoisotopic (exact) mass is 251 g/mol. The van der Waals surface area contributed by atoms with Gasteiger partial charge in [-0.25, -0.2) is 4.98 Å². The molecule has 0 spiro atoms. The second-order valence-electron chi connectivity index (χ2n) is 4.16. The first-order chi connectivity index (χ1) is 8.80.